The van der Waals surface area contributed by atoms with Crippen molar-refractivity contribution in [1.29, 1.82) is 0 Å². The molecule has 0 spiro atoms. The van der Waals surface area contributed by atoms with Crippen molar-refractivity contribution in [3.63, 3.8) is 0 Å². The van der Waals surface area contributed by atoms with Gasteiger partial charge in [0.05, 0.1) is 6.54 Å². The van der Waals surface area contributed by atoms with Gasteiger partial charge in [-0.3, -0.25) is 14.4 Å². The maximum atomic E-state index is 12.0. The van der Waals surface area contributed by atoms with E-state index in [-0.39, 0.29) is 32.1 Å². The molecule has 118 valence electrons. The highest BCUT2D eigenvalue weighted by Gasteiger charge is 2.34. The fourth-order valence-corrected chi connectivity index (χ4v) is 2.00. The highest BCUT2D eigenvalue weighted by molar-refractivity contribution is 5.91. The van der Waals surface area contributed by atoms with Gasteiger partial charge in [-0.05, 0) is 6.92 Å². The van der Waals surface area contributed by atoms with E-state index >= 15 is 0 Å². The highest BCUT2D eigenvalue weighted by atomic mass is 16.4. The molecule has 1 saturated heterocycles. The number of rotatable bonds is 4. The van der Waals surface area contributed by atoms with Gasteiger partial charge in [-0.25, -0.2) is 4.79 Å². The third kappa shape index (κ3) is 4.33. The summed E-state index contributed by atoms with van der Waals surface area (Å²) in [6.07, 6.45) is 0. The van der Waals surface area contributed by atoms with Crippen LogP contribution in [0.15, 0.2) is 0 Å². The van der Waals surface area contributed by atoms with Crippen molar-refractivity contribution in [2.45, 2.75) is 13.0 Å². The van der Waals surface area contributed by atoms with Gasteiger partial charge in [-0.15, -0.1) is 0 Å². The number of piperazine rings is 1. The summed E-state index contributed by atoms with van der Waals surface area (Å²) in [5, 5.41) is 11.2. The van der Waals surface area contributed by atoms with Crippen LogP contribution < -0.4 is 5.32 Å². The molecule has 1 rings (SSSR count). The van der Waals surface area contributed by atoms with Gasteiger partial charge in [-0.1, -0.05) is 0 Å². The molecule has 2 N–H and O–H groups in total. The van der Waals surface area contributed by atoms with Crippen LogP contribution >= 0.6 is 0 Å². The normalized spacial score (nSPS) is 18.4. The van der Waals surface area contributed by atoms with Crippen molar-refractivity contribution in [3.05, 3.63) is 0 Å². The molecule has 9 nitrogen and oxygen atoms in total. The summed E-state index contributed by atoms with van der Waals surface area (Å²) in [6.45, 7) is 1.39. The number of carboxylic acid groups (broad SMARTS) is 1. The molecule has 0 unspecified atom stereocenters. The molecule has 0 aliphatic carbocycles. The summed E-state index contributed by atoms with van der Waals surface area (Å²) in [4.78, 5) is 49.9. The van der Waals surface area contributed by atoms with Crippen molar-refractivity contribution in [2.24, 2.45) is 0 Å². The summed E-state index contributed by atoms with van der Waals surface area (Å²) in [5.41, 5.74) is 0. The smallest absolute Gasteiger partial charge is 0.323 e. The van der Waals surface area contributed by atoms with E-state index in [9.17, 15) is 19.2 Å². The first-order chi connectivity index (χ1) is 9.73. The van der Waals surface area contributed by atoms with Gasteiger partial charge in [0.15, 0.2) is 0 Å². The molecule has 4 amide bonds. The van der Waals surface area contributed by atoms with E-state index in [1.165, 1.54) is 14.7 Å². The third-order valence-electron chi connectivity index (χ3n) is 3.19. The number of hydrogen-bond acceptors (Lipinski definition) is 4. The van der Waals surface area contributed by atoms with E-state index in [1.54, 1.807) is 21.0 Å². The van der Waals surface area contributed by atoms with E-state index < -0.39 is 23.9 Å². The molecule has 0 bridgehead atoms. The van der Waals surface area contributed by atoms with Crippen LogP contribution in [0.3, 0.4) is 0 Å². The molecule has 0 aromatic heterocycles. The second kappa shape index (κ2) is 6.91. The summed E-state index contributed by atoms with van der Waals surface area (Å²) < 4.78 is 0. The average molecular weight is 300 g/mol. The fourth-order valence-electron chi connectivity index (χ4n) is 2.00. The highest BCUT2D eigenvalue weighted by Crippen LogP contribution is 2.11. The molecule has 0 aromatic carbocycles. The number of nitrogens with zero attached hydrogens (tertiary/aromatic N) is 3. The van der Waals surface area contributed by atoms with E-state index in [1.807, 2.05) is 0 Å². The van der Waals surface area contributed by atoms with Gasteiger partial charge in [-0.2, -0.15) is 0 Å². The first-order valence-corrected chi connectivity index (χ1v) is 6.49. The Kier molecular flexibility index (Phi) is 5.51. The molecule has 21 heavy (non-hydrogen) atoms. The van der Waals surface area contributed by atoms with Crippen molar-refractivity contribution < 1.29 is 24.3 Å². The third-order valence-corrected chi connectivity index (χ3v) is 3.19. The monoisotopic (exact) mass is 300 g/mol. The molecule has 1 atom stereocenters. The van der Waals surface area contributed by atoms with Gasteiger partial charge in [0.25, 0.3) is 0 Å². The van der Waals surface area contributed by atoms with Gasteiger partial charge in [0.1, 0.15) is 12.6 Å². The first kappa shape index (κ1) is 16.7. The number of amides is 4. The van der Waals surface area contributed by atoms with Gasteiger partial charge < -0.3 is 25.1 Å². The second-order valence-corrected chi connectivity index (χ2v) is 4.97. The Morgan fingerprint density at radius 2 is 1.95 bits per heavy atom. The Hall–Kier alpha value is -2.32. The molecule has 0 saturated carbocycles. The molecule has 1 heterocycles. The van der Waals surface area contributed by atoms with Crippen molar-refractivity contribution in [2.75, 3.05) is 40.3 Å². The number of hydrogen-bond donors (Lipinski definition) is 2. The number of urea groups is 1. The number of nitrogens with one attached hydrogen (secondary N) is 1. The topological polar surface area (TPSA) is 110 Å². The minimum Gasteiger partial charge on any atom is -0.480 e. The molecule has 0 radical (unpaired) electrons. The van der Waals surface area contributed by atoms with Crippen molar-refractivity contribution in [3.8, 4) is 0 Å². The standard InChI is InChI=1S/C12H20N4O5/c1-8-11(20)15(7-10(18)19)4-5-16(8)9(17)6-13-12(21)14(2)3/h8H,4-7H2,1-3H3,(H,13,21)(H,18,19)/t8-/m1/s1. The minimum atomic E-state index is -1.09. The van der Waals surface area contributed by atoms with Crippen LogP contribution in [0.1, 0.15) is 6.92 Å². The largest absolute Gasteiger partial charge is 0.480 e. The zero-order valence-electron chi connectivity index (χ0n) is 12.3. The Morgan fingerprint density at radius 3 is 2.48 bits per heavy atom. The molecule has 1 aliphatic heterocycles. The number of carbonyl (C=O) groups excluding carboxylic acids is 3. The Labute approximate surface area is 122 Å². The quantitative estimate of drug-likeness (QED) is 0.650. The number of carbonyl (C=O) groups is 4. The van der Waals surface area contributed by atoms with Crippen LogP contribution in [0.2, 0.25) is 0 Å². The maximum absolute atomic E-state index is 12.0. The Balaban J connectivity index is 2.57. The number of aliphatic carboxylic acids is 1. The molecular weight excluding hydrogens is 280 g/mol. The Bertz CT molecular complexity index is 451. The number of carboxylic acids is 1. The minimum absolute atomic E-state index is 0.169. The summed E-state index contributed by atoms with van der Waals surface area (Å²) in [5.74, 6) is -1.87. The second-order valence-electron chi connectivity index (χ2n) is 4.97. The lowest BCUT2D eigenvalue weighted by atomic mass is 10.1. The van der Waals surface area contributed by atoms with Crippen LogP contribution in [0.5, 0.6) is 0 Å². The first-order valence-electron chi connectivity index (χ1n) is 6.49. The van der Waals surface area contributed by atoms with Crippen molar-refractivity contribution in [1.82, 2.24) is 20.0 Å². The lowest BCUT2D eigenvalue weighted by molar-refractivity contribution is -0.154. The summed E-state index contributed by atoms with van der Waals surface area (Å²) >= 11 is 0. The molecule has 1 fully saturated rings. The maximum Gasteiger partial charge on any atom is 0.323 e. The van der Waals surface area contributed by atoms with Crippen LogP contribution in [0.25, 0.3) is 0 Å². The molecule has 1 aliphatic rings. The van der Waals surface area contributed by atoms with Gasteiger partial charge in [0, 0.05) is 27.2 Å². The lowest BCUT2D eigenvalue weighted by Crippen LogP contribution is -2.59. The average Bonchev–Trinajstić information content (AvgIpc) is 2.40. The summed E-state index contributed by atoms with van der Waals surface area (Å²) in [7, 11) is 3.10. The summed E-state index contributed by atoms with van der Waals surface area (Å²) in [6, 6.07) is -1.13. The van der Waals surface area contributed by atoms with Gasteiger partial charge >= 0.3 is 12.0 Å². The lowest BCUT2D eigenvalue weighted by Gasteiger charge is -2.38. The SMILES string of the molecule is C[C@@H]1C(=O)N(CC(=O)O)CCN1C(=O)CNC(=O)N(C)C. The molecule has 9 heteroatoms. The van der Waals surface area contributed by atoms with Crippen LogP contribution in [-0.4, -0.2) is 89.9 Å². The predicted octanol–water partition coefficient (Wildman–Crippen LogP) is -1.60. The molecule has 0 aromatic rings. The predicted molar refractivity (Wildman–Crippen MR) is 72.5 cm³/mol. The zero-order valence-corrected chi connectivity index (χ0v) is 12.3. The van der Waals surface area contributed by atoms with E-state index in [0.717, 1.165) is 0 Å². The van der Waals surface area contributed by atoms with Crippen molar-refractivity contribution >= 4 is 23.8 Å². The van der Waals surface area contributed by atoms with E-state index in [4.69, 9.17) is 5.11 Å². The van der Waals surface area contributed by atoms with E-state index in [2.05, 4.69) is 5.32 Å². The van der Waals surface area contributed by atoms with Crippen LogP contribution in [0.4, 0.5) is 4.79 Å². The van der Waals surface area contributed by atoms with E-state index in [0.29, 0.717) is 0 Å². The zero-order chi connectivity index (χ0) is 16.2. The fraction of sp³-hybridized carbons (Fsp3) is 0.667. The molecular formula is C12H20N4O5. The van der Waals surface area contributed by atoms with Gasteiger partial charge in [0.2, 0.25) is 11.8 Å². The van der Waals surface area contributed by atoms with Crippen LogP contribution in [0, 0.1) is 0 Å². The Morgan fingerprint density at radius 1 is 1.33 bits per heavy atom. The van der Waals surface area contributed by atoms with Crippen LogP contribution in [-0.2, 0) is 14.4 Å².